The van der Waals surface area contributed by atoms with Crippen molar-refractivity contribution < 1.29 is 4.79 Å². The molecule has 0 spiro atoms. The van der Waals surface area contributed by atoms with E-state index in [2.05, 4.69) is 76.8 Å². The van der Waals surface area contributed by atoms with E-state index in [-0.39, 0.29) is 5.91 Å². The highest BCUT2D eigenvalue weighted by atomic mass is 16.2. The molecule has 3 aliphatic rings. The molecular formula is C29H37N5O. The summed E-state index contributed by atoms with van der Waals surface area (Å²) in [5, 5.41) is 12.6. The van der Waals surface area contributed by atoms with Crippen molar-refractivity contribution in [1.82, 2.24) is 15.1 Å². The minimum Gasteiger partial charge on any atom is -0.338 e. The van der Waals surface area contributed by atoms with E-state index in [4.69, 9.17) is 5.73 Å². The predicted octanol–water partition coefficient (Wildman–Crippen LogP) is 3.17. The van der Waals surface area contributed by atoms with Crippen LogP contribution in [-0.4, -0.2) is 60.5 Å². The number of nitrogens with zero attached hydrogens (tertiary/aromatic N) is 3. The maximum absolute atomic E-state index is 12.9. The second-order valence-electron chi connectivity index (χ2n) is 10.9. The summed E-state index contributed by atoms with van der Waals surface area (Å²) in [6.45, 7) is 5.51. The number of piperazine rings is 1. The van der Waals surface area contributed by atoms with Gasteiger partial charge in [-0.2, -0.15) is 5.26 Å². The zero-order chi connectivity index (χ0) is 24.4. The van der Waals surface area contributed by atoms with Gasteiger partial charge in [0, 0.05) is 39.1 Å². The molecule has 2 aromatic rings. The molecule has 3 N–H and O–H groups in total. The Kier molecular flexibility index (Phi) is 6.93. The van der Waals surface area contributed by atoms with E-state index in [1.165, 1.54) is 17.5 Å². The van der Waals surface area contributed by atoms with Crippen molar-refractivity contribution in [3.8, 4) is 17.2 Å². The Hall–Kier alpha value is -2.72. The average molecular weight is 472 g/mol. The van der Waals surface area contributed by atoms with Gasteiger partial charge in [0.15, 0.2) is 0 Å². The van der Waals surface area contributed by atoms with Crippen LogP contribution in [0.2, 0.25) is 0 Å². The van der Waals surface area contributed by atoms with E-state index in [9.17, 15) is 10.1 Å². The smallest absolute Gasteiger partial charge is 0.241 e. The van der Waals surface area contributed by atoms with E-state index < -0.39 is 11.6 Å². The number of rotatable bonds is 7. The van der Waals surface area contributed by atoms with Gasteiger partial charge in [-0.05, 0) is 54.0 Å². The SMILES string of the molecule is CN1CCN(Cc2ccc(-c3ccc(C[C@@H](C#N)NC(=O)C4(N)CCCC5CC54)cc3)cc2)CC1. The van der Waals surface area contributed by atoms with Crippen LogP contribution in [0.1, 0.15) is 36.8 Å². The highest BCUT2D eigenvalue weighted by Crippen LogP contribution is 2.53. The van der Waals surface area contributed by atoms with Gasteiger partial charge >= 0.3 is 0 Å². The minimum atomic E-state index is -0.793. The van der Waals surface area contributed by atoms with E-state index in [0.717, 1.165) is 63.1 Å². The van der Waals surface area contributed by atoms with Gasteiger partial charge in [0.1, 0.15) is 6.04 Å². The normalized spacial score (nSPS) is 27.5. The molecule has 1 heterocycles. The fraction of sp³-hybridized carbons (Fsp3) is 0.517. The number of nitrogens with two attached hydrogens (primary N) is 1. The molecule has 5 rings (SSSR count). The summed E-state index contributed by atoms with van der Waals surface area (Å²) in [6, 6.07) is 18.8. The highest BCUT2D eigenvalue weighted by molar-refractivity contribution is 5.87. The van der Waals surface area contributed by atoms with E-state index in [1.807, 2.05) is 0 Å². The van der Waals surface area contributed by atoms with Crippen molar-refractivity contribution in [2.45, 2.75) is 50.2 Å². The van der Waals surface area contributed by atoms with Gasteiger partial charge in [-0.25, -0.2) is 0 Å². The second kappa shape index (κ2) is 10.1. The summed E-state index contributed by atoms with van der Waals surface area (Å²) < 4.78 is 0. The Labute approximate surface area is 209 Å². The first-order chi connectivity index (χ1) is 16.9. The van der Waals surface area contributed by atoms with Gasteiger partial charge in [0.2, 0.25) is 5.91 Å². The van der Waals surface area contributed by atoms with Crippen molar-refractivity contribution in [3.05, 3.63) is 59.7 Å². The van der Waals surface area contributed by atoms with Gasteiger partial charge in [0.05, 0.1) is 11.6 Å². The highest BCUT2D eigenvalue weighted by Gasteiger charge is 2.56. The lowest BCUT2D eigenvalue weighted by Gasteiger charge is -2.32. The zero-order valence-corrected chi connectivity index (χ0v) is 20.7. The summed E-state index contributed by atoms with van der Waals surface area (Å²) >= 11 is 0. The number of fused-ring (bicyclic) bond motifs is 1. The molecule has 1 amide bonds. The summed E-state index contributed by atoms with van der Waals surface area (Å²) in [6.07, 6.45) is 4.45. The predicted molar refractivity (Wildman–Crippen MR) is 138 cm³/mol. The number of nitriles is 1. The Morgan fingerprint density at radius 2 is 1.71 bits per heavy atom. The standard InChI is InChI=1S/C29H37N5O/c1-33-13-15-34(16-14-33)20-22-6-10-24(11-7-22)23-8-4-21(5-9-23)17-26(19-30)32-28(35)29(31)12-2-3-25-18-27(25)29/h4-11,25-27H,2-3,12-18,20,31H2,1H3,(H,32,35)/t25?,26-,27?,29?/m0/s1. The minimum absolute atomic E-state index is 0.149. The first-order valence-corrected chi connectivity index (χ1v) is 13.0. The zero-order valence-electron chi connectivity index (χ0n) is 20.7. The summed E-state index contributed by atoms with van der Waals surface area (Å²) in [5.41, 5.74) is 10.4. The molecule has 2 aliphatic carbocycles. The molecule has 184 valence electrons. The number of nitrogens with one attached hydrogen (secondary N) is 1. The second-order valence-corrected chi connectivity index (χ2v) is 10.9. The van der Waals surface area contributed by atoms with Crippen LogP contribution in [0.4, 0.5) is 0 Å². The number of likely N-dealkylation sites (N-methyl/N-ethyl adjacent to an activating group) is 1. The van der Waals surface area contributed by atoms with Crippen LogP contribution in [0.25, 0.3) is 11.1 Å². The fourth-order valence-corrected chi connectivity index (χ4v) is 5.88. The molecule has 0 radical (unpaired) electrons. The Morgan fingerprint density at radius 1 is 1.09 bits per heavy atom. The quantitative estimate of drug-likeness (QED) is 0.648. The molecule has 2 saturated carbocycles. The van der Waals surface area contributed by atoms with Crippen molar-refractivity contribution in [3.63, 3.8) is 0 Å². The molecule has 6 heteroatoms. The maximum atomic E-state index is 12.9. The van der Waals surface area contributed by atoms with Gasteiger partial charge < -0.3 is 16.0 Å². The van der Waals surface area contributed by atoms with Crippen LogP contribution in [0.3, 0.4) is 0 Å². The molecule has 1 saturated heterocycles. The van der Waals surface area contributed by atoms with E-state index in [1.54, 1.807) is 0 Å². The number of hydrogen-bond acceptors (Lipinski definition) is 5. The van der Waals surface area contributed by atoms with Crippen LogP contribution < -0.4 is 11.1 Å². The van der Waals surface area contributed by atoms with Crippen LogP contribution in [-0.2, 0) is 17.8 Å². The molecule has 2 aromatic carbocycles. The lowest BCUT2D eigenvalue weighted by molar-refractivity contribution is -0.128. The van der Waals surface area contributed by atoms with Gasteiger partial charge in [-0.3, -0.25) is 9.69 Å². The lowest BCUT2D eigenvalue weighted by atomic mass is 9.81. The van der Waals surface area contributed by atoms with Crippen molar-refractivity contribution in [1.29, 1.82) is 5.26 Å². The first kappa shape index (κ1) is 24.0. The fourth-order valence-electron chi connectivity index (χ4n) is 5.88. The number of benzene rings is 2. The third-order valence-corrected chi connectivity index (χ3v) is 8.32. The Balaban J connectivity index is 1.16. The molecule has 1 aliphatic heterocycles. The van der Waals surface area contributed by atoms with Crippen molar-refractivity contribution in [2.24, 2.45) is 17.6 Å². The third kappa shape index (κ3) is 5.43. The lowest BCUT2D eigenvalue weighted by Crippen LogP contribution is -2.59. The summed E-state index contributed by atoms with van der Waals surface area (Å²) in [5.74, 6) is 0.751. The average Bonchev–Trinajstić information content (AvgIpc) is 3.68. The Bertz CT molecular complexity index is 1070. The summed E-state index contributed by atoms with van der Waals surface area (Å²) in [4.78, 5) is 17.8. The molecule has 3 fully saturated rings. The van der Waals surface area contributed by atoms with E-state index in [0.29, 0.717) is 18.3 Å². The third-order valence-electron chi connectivity index (χ3n) is 8.32. The summed E-state index contributed by atoms with van der Waals surface area (Å²) in [7, 11) is 2.18. The number of amides is 1. The van der Waals surface area contributed by atoms with E-state index >= 15 is 0 Å². The van der Waals surface area contributed by atoms with Crippen LogP contribution >= 0.6 is 0 Å². The maximum Gasteiger partial charge on any atom is 0.241 e. The number of hydrogen-bond donors (Lipinski definition) is 2. The first-order valence-electron chi connectivity index (χ1n) is 13.0. The number of carbonyl (C=O) groups is 1. The molecular weight excluding hydrogens is 434 g/mol. The molecule has 0 bridgehead atoms. The van der Waals surface area contributed by atoms with Crippen LogP contribution in [0.15, 0.2) is 48.5 Å². The molecule has 6 nitrogen and oxygen atoms in total. The topological polar surface area (TPSA) is 85.4 Å². The van der Waals surface area contributed by atoms with Crippen molar-refractivity contribution >= 4 is 5.91 Å². The molecule has 0 aromatic heterocycles. The van der Waals surface area contributed by atoms with Crippen LogP contribution in [0, 0.1) is 23.2 Å². The monoisotopic (exact) mass is 471 g/mol. The Morgan fingerprint density at radius 3 is 2.34 bits per heavy atom. The van der Waals surface area contributed by atoms with Crippen LogP contribution in [0.5, 0.6) is 0 Å². The molecule has 35 heavy (non-hydrogen) atoms. The molecule has 4 atom stereocenters. The number of carbonyl (C=O) groups excluding carboxylic acids is 1. The van der Waals surface area contributed by atoms with Gasteiger partial charge in [-0.1, -0.05) is 61.4 Å². The van der Waals surface area contributed by atoms with Gasteiger partial charge in [-0.15, -0.1) is 0 Å². The largest absolute Gasteiger partial charge is 0.338 e. The van der Waals surface area contributed by atoms with Crippen molar-refractivity contribution in [2.75, 3.05) is 33.2 Å². The molecule has 3 unspecified atom stereocenters. The van der Waals surface area contributed by atoms with Gasteiger partial charge in [0.25, 0.3) is 0 Å².